The van der Waals surface area contributed by atoms with Gasteiger partial charge in [0.05, 0.1) is 12.1 Å². The van der Waals surface area contributed by atoms with Gasteiger partial charge in [0, 0.05) is 11.6 Å². The van der Waals surface area contributed by atoms with E-state index in [1.807, 2.05) is 0 Å². The fraction of sp³-hybridized carbons (Fsp3) is 0.125. The van der Waals surface area contributed by atoms with Gasteiger partial charge in [-0.15, -0.1) is 0 Å². The van der Waals surface area contributed by atoms with Gasteiger partial charge >= 0.3 is 0 Å². The summed E-state index contributed by atoms with van der Waals surface area (Å²) in [7, 11) is 1.41. The quantitative estimate of drug-likeness (QED) is 0.718. The molecule has 0 bridgehead atoms. The molecule has 0 unspecified atom stereocenters. The van der Waals surface area contributed by atoms with Crippen LogP contribution in [0.5, 0.6) is 11.5 Å². The molecule has 0 radical (unpaired) electrons. The molecule has 0 aromatic heterocycles. The number of halogens is 1. The van der Waals surface area contributed by atoms with Crippen molar-refractivity contribution < 1.29 is 14.6 Å². The van der Waals surface area contributed by atoms with Crippen molar-refractivity contribution in [3.8, 4) is 11.5 Å². The zero-order valence-corrected chi connectivity index (χ0v) is 7.13. The van der Waals surface area contributed by atoms with E-state index in [-0.39, 0.29) is 22.1 Å². The fourth-order valence-electron chi connectivity index (χ4n) is 0.814. The largest absolute Gasteiger partial charge is 0.504 e. The Hall–Kier alpha value is -1.22. The molecule has 3 nitrogen and oxygen atoms in total. The molecule has 1 N–H and O–H groups in total. The molecule has 4 heteroatoms. The van der Waals surface area contributed by atoms with E-state index in [4.69, 9.17) is 16.3 Å². The van der Waals surface area contributed by atoms with E-state index in [1.165, 1.54) is 19.2 Å². The maximum atomic E-state index is 10.3. The van der Waals surface area contributed by atoms with Gasteiger partial charge in [-0.3, -0.25) is 4.79 Å². The van der Waals surface area contributed by atoms with Crippen molar-refractivity contribution in [3.05, 3.63) is 22.7 Å². The number of phenols is 1. The average Bonchev–Trinajstić information content (AvgIpc) is 2.08. The minimum Gasteiger partial charge on any atom is -0.504 e. The zero-order valence-electron chi connectivity index (χ0n) is 6.37. The molecule has 0 aliphatic heterocycles. The normalized spacial score (nSPS) is 9.50. The highest BCUT2D eigenvalue weighted by atomic mass is 35.5. The molecule has 0 aliphatic carbocycles. The first-order valence-corrected chi connectivity index (χ1v) is 3.58. The number of aromatic hydroxyl groups is 1. The molecule has 0 saturated carbocycles. The van der Waals surface area contributed by atoms with Crippen LogP contribution in [0.15, 0.2) is 12.1 Å². The van der Waals surface area contributed by atoms with Gasteiger partial charge in [0.2, 0.25) is 0 Å². The van der Waals surface area contributed by atoms with Gasteiger partial charge in [0.15, 0.2) is 17.8 Å². The third-order valence-corrected chi connectivity index (χ3v) is 1.75. The molecule has 0 spiro atoms. The second kappa shape index (κ2) is 3.45. The highest BCUT2D eigenvalue weighted by Crippen LogP contribution is 2.31. The first-order chi connectivity index (χ1) is 5.69. The van der Waals surface area contributed by atoms with Crippen LogP contribution in [0.3, 0.4) is 0 Å². The SMILES string of the molecule is COc1cc(Cl)c(C=O)cc1O. The summed E-state index contributed by atoms with van der Waals surface area (Å²) >= 11 is 5.66. The van der Waals surface area contributed by atoms with E-state index < -0.39 is 0 Å². The van der Waals surface area contributed by atoms with Crippen molar-refractivity contribution in [2.24, 2.45) is 0 Å². The second-order valence-corrected chi connectivity index (χ2v) is 2.57. The summed E-state index contributed by atoms with van der Waals surface area (Å²) in [6, 6.07) is 2.65. The second-order valence-electron chi connectivity index (χ2n) is 2.16. The van der Waals surface area contributed by atoms with Gasteiger partial charge in [-0.25, -0.2) is 0 Å². The van der Waals surface area contributed by atoms with Gasteiger partial charge in [-0.05, 0) is 6.07 Å². The summed E-state index contributed by atoms with van der Waals surface area (Å²) in [5.74, 6) is 0.162. The maximum Gasteiger partial charge on any atom is 0.162 e. The lowest BCUT2D eigenvalue weighted by atomic mass is 10.2. The van der Waals surface area contributed by atoms with Crippen LogP contribution in [0.1, 0.15) is 10.4 Å². The van der Waals surface area contributed by atoms with E-state index in [2.05, 4.69) is 0 Å². The minimum atomic E-state index is -0.0935. The third-order valence-electron chi connectivity index (χ3n) is 1.43. The number of hydrogen-bond donors (Lipinski definition) is 1. The van der Waals surface area contributed by atoms with Crippen LogP contribution in [0.4, 0.5) is 0 Å². The molecule has 1 rings (SSSR count). The van der Waals surface area contributed by atoms with Crippen LogP contribution in [0.25, 0.3) is 0 Å². The lowest BCUT2D eigenvalue weighted by Gasteiger charge is -2.04. The van der Waals surface area contributed by atoms with Crippen LogP contribution in [-0.4, -0.2) is 18.5 Å². The number of phenolic OH excluding ortho intramolecular Hbond substituents is 1. The Labute approximate surface area is 74.5 Å². The monoisotopic (exact) mass is 186 g/mol. The first kappa shape index (κ1) is 8.87. The van der Waals surface area contributed by atoms with E-state index in [0.29, 0.717) is 6.29 Å². The van der Waals surface area contributed by atoms with Crippen molar-refractivity contribution in [1.82, 2.24) is 0 Å². The number of carbonyl (C=O) groups excluding carboxylic acids is 1. The number of rotatable bonds is 2. The zero-order chi connectivity index (χ0) is 9.14. The molecule has 0 amide bonds. The summed E-state index contributed by atoms with van der Waals surface area (Å²) in [6.07, 6.45) is 0.571. The predicted octanol–water partition coefficient (Wildman–Crippen LogP) is 1.87. The highest BCUT2D eigenvalue weighted by Gasteiger charge is 2.06. The molecule has 12 heavy (non-hydrogen) atoms. The van der Waals surface area contributed by atoms with Crippen LogP contribution in [0.2, 0.25) is 5.02 Å². The van der Waals surface area contributed by atoms with Crippen molar-refractivity contribution in [2.75, 3.05) is 7.11 Å². The van der Waals surface area contributed by atoms with Gasteiger partial charge in [0.1, 0.15) is 0 Å². The Morgan fingerprint density at radius 2 is 2.25 bits per heavy atom. The Balaban J connectivity index is 3.25. The summed E-state index contributed by atoms with van der Waals surface area (Å²) in [4.78, 5) is 10.3. The molecule has 1 aromatic rings. The summed E-state index contributed by atoms with van der Waals surface area (Å²) < 4.78 is 4.77. The van der Waals surface area contributed by atoms with Crippen molar-refractivity contribution in [3.63, 3.8) is 0 Å². The first-order valence-electron chi connectivity index (χ1n) is 3.20. The van der Waals surface area contributed by atoms with E-state index in [9.17, 15) is 9.90 Å². The van der Waals surface area contributed by atoms with Crippen LogP contribution in [-0.2, 0) is 0 Å². The van der Waals surface area contributed by atoms with Crippen LogP contribution < -0.4 is 4.74 Å². The standard InChI is InChI=1S/C8H7ClO3/c1-12-8-3-6(9)5(4-10)2-7(8)11/h2-4,11H,1H3. The Kier molecular flexibility index (Phi) is 2.55. The maximum absolute atomic E-state index is 10.3. The molecular formula is C8H7ClO3. The predicted molar refractivity (Wildman–Crippen MR) is 45.1 cm³/mol. The lowest BCUT2D eigenvalue weighted by molar-refractivity contribution is 0.112. The molecule has 64 valence electrons. The number of methoxy groups -OCH3 is 1. The smallest absolute Gasteiger partial charge is 0.162 e. The van der Waals surface area contributed by atoms with Crippen LogP contribution >= 0.6 is 11.6 Å². The lowest BCUT2D eigenvalue weighted by Crippen LogP contribution is -1.87. The topological polar surface area (TPSA) is 46.5 Å². The summed E-state index contributed by atoms with van der Waals surface area (Å²) in [5.41, 5.74) is 0.245. The Morgan fingerprint density at radius 3 is 2.75 bits per heavy atom. The molecule has 0 atom stereocenters. The number of hydrogen-bond acceptors (Lipinski definition) is 3. The number of ether oxygens (including phenoxy) is 1. The summed E-state index contributed by atoms with van der Waals surface area (Å²) in [6.45, 7) is 0. The highest BCUT2D eigenvalue weighted by molar-refractivity contribution is 6.33. The van der Waals surface area contributed by atoms with E-state index in [1.54, 1.807) is 0 Å². The molecule has 1 aromatic carbocycles. The fourth-order valence-corrected chi connectivity index (χ4v) is 1.01. The Bertz CT molecular complexity index is 309. The molecule has 0 heterocycles. The molecule has 0 aliphatic rings. The number of carbonyl (C=O) groups is 1. The number of aldehydes is 1. The molecular weight excluding hydrogens is 180 g/mol. The van der Waals surface area contributed by atoms with Crippen molar-refractivity contribution in [2.45, 2.75) is 0 Å². The van der Waals surface area contributed by atoms with Crippen molar-refractivity contribution >= 4 is 17.9 Å². The number of benzene rings is 1. The average molecular weight is 187 g/mol. The van der Waals surface area contributed by atoms with Gasteiger partial charge in [-0.1, -0.05) is 11.6 Å². The molecule has 0 saturated heterocycles. The van der Waals surface area contributed by atoms with Gasteiger partial charge in [-0.2, -0.15) is 0 Å². The third kappa shape index (κ3) is 1.51. The van der Waals surface area contributed by atoms with Gasteiger partial charge in [0.25, 0.3) is 0 Å². The molecule has 0 fully saturated rings. The van der Waals surface area contributed by atoms with E-state index >= 15 is 0 Å². The van der Waals surface area contributed by atoms with E-state index in [0.717, 1.165) is 0 Å². The van der Waals surface area contributed by atoms with Crippen molar-refractivity contribution in [1.29, 1.82) is 0 Å². The van der Waals surface area contributed by atoms with Gasteiger partial charge < -0.3 is 9.84 Å². The Morgan fingerprint density at radius 1 is 1.58 bits per heavy atom. The minimum absolute atomic E-state index is 0.0935. The van der Waals surface area contributed by atoms with Crippen LogP contribution in [0, 0.1) is 0 Å². The summed E-state index contributed by atoms with van der Waals surface area (Å²) in [5, 5.41) is 9.47.